The fourth-order valence-corrected chi connectivity index (χ4v) is 2.53. The summed E-state index contributed by atoms with van der Waals surface area (Å²) in [7, 11) is 0. The van der Waals surface area contributed by atoms with Gasteiger partial charge in [-0.3, -0.25) is 0 Å². The molecule has 0 unspecified atom stereocenters. The van der Waals surface area contributed by atoms with Crippen molar-refractivity contribution in [3.8, 4) is 0 Å². The van der Waals surface area contributed by atoms with Crippen LogP contribution >= 0.6 is 11.6 Å². The van der Waals surface area contributed by atoms with E-state index in [4.69, 9.17) is 16.3 Å². The molecule has 0 spiro atoms. The van der Waals surface area contributed by atoms with E-state index in [1.807, 2.05) is 0 Å². The zero-order valence-corrected chi connectivity index (χ0v) is 13.7. The molecule has 0 aromatic carbocycles. The van der Waals surface area contributed by atoms with E-state index in [-0.39, 0.29) is 24.7 Å². The first-order chi connectivity index (χ1) is 10.1. The Bertz CT molecular complexity index is 561. The lowest BCUT2D eigenvalue weighted by Gasteiger charge is -2.41. The van der Waals surface area contributed by atoms with Crippen LogP contribution in [0, 0.1) is 0 Å². The molecule has 1 saturated heterocycles. The van der Waals surface area contributed by atoms with Crippen molar-refractivity contribution in [2.45, 2.75) is 44.5 Å². The van der Waals surface area contributed by atoms with Crippen LogP contribution in [0.15, 0.2) is 18.2 Å². The Kier molecular flexibility index (Phi) is 4.65. The number of hydrogen-bond donors (Lipinski definition) is 2. The number of β-amino-alcohol motifs (C(OH)–C–C–N with tert-alkyl or cyclic N) is 1. The lowest BCUT2D eigenvalue weighted by molar-refractivity contribution is -0.125. The van der Waals surface area contributed by atoms with Crippen molar-refractivity contribution in [1.82, 2.24) is 9.88 Å². The summed E-state index contributed by atoms with van der Waals surface area (Å²) in [5, 5.41) is 21.3. The molecule has 22 heavy (non-hydrogen) atoms. The molecule has 0 bridgehead atoms. The molecule has 1 aromatic rings. The van der Waals surface area contributed by atoms with Crippen LogP contribution in [0.2, 0.25) is 5.15 Å². The molecule has 6 nitrogen and oxygen atoms in total. The molecule has 0 radical (unpaired) electrons. The Morgan fingerprint density at radius 2 is 2.18 bits per heavy atom. The van der Waals surface area contributed by atoms with Crippen molar-refractivity contribution in [2.24, 2.45) is 0 Å². The van der Waals surface area contributed by atoms with Crippen molar-refractivity contribution in [3.63, 3.8) is 0 Å². The Morgan fingerprint density at radius 3 is 2.73 bits per heavy atom. The van der Waals surface area contributed by atoms with E-state index in [0.29, 0.717) is 5.69 Å². The number of halogens is 1. The van der Waals surface area contributed by atoms with Gasteiger partial charge in [0.2, 0.25) is 0 Å². The summed E-state index contributed by atoms with van der Waals surface area (Å²) < 4.78 is 5.28. The lowest BCUT2D eigenvalue weighted by atomic mass is 9.85. The Labute approximate surface area is 134 Å². The van der Waals surface area contributed by atoms with Gasteiger partial charge in [-0.15, -0.1) is 0 Å². The number of carbonyl (C=O) groups excluding carboxylic acids is 1. The molecule has 1 amide bonds. The number of aliphatic hydroxyl groups excluding tert-OH is 1. The van der Waals surface area contributed by atoms with Crippen LogP contribution in [0.4, 0.5) is 4.79 Å². The van der Waals surface area contributed by atoms with Gasteiger partial charge in [0, 0.05) is 13.0 Å². The average Bonchev–Trinajstić information content (AvgIpc) is 2.40. The summed E-state index contributed by atoms with van der Waals surface area (Å²) in [5.41, 5.74) is -1.83. The molecule has 2 atom stereocenters. The van der Waals surface area contributed by atoms with Crippen molar-refractivity contribution in [2.75, 3.05) is 13.1 Å². The first-order valence-corrected chi connectivity index (χ1v) is 7.51. The highest BCUT2D eigenvalue weighted by atomic mass is 35.5. The van der Waals surface area contributed by atoms with E-state index in [2.05, 4.69) is 4.98 Å². The van der Waals surface area contributed by atoms with Gasteiger partial charge >= 0.3 is 6.09 Å². The summed E-state index contributed by atoms with van der Waals surface area (Å²) in [4.78, 5) is 17.5. The van der Waals surface area contributed by atoms with Gasteiger partial charge in [0.25, 0.3) is 0 Å². The number of pyridine rings is 1. The van der Waals surface area contributed by atoms with Gasteiger partial charge in [-0.2, -0.15) is 0 Å². The maximum Gasteiger partial charge on any atom is 0.410 e. The molecular formula is C15H21ClN2O4. The number of aromatic nitrogens is 1. The van der Waals surface area contributed by atoms with E-state index in [9.17, 15) is 15.0 Å². The van der Waals surface area contributed by atoms with Crippen molar-refractivity contribution >= 4 is 17.7 Å². The third-order valence-corrected chi connectivity index (χ3v) is 3.73. The monoisotopic (exact) mass is 328 g/mol. The normalized spacial score (nSPS) is 25.9. The smallest absolute Gasteiger partial charge is 0.410 e. The molecule has 1 aliphatic rings. The SMILES string of the molecule is CC(C)(C)OC(=O)N1CC[C@](O)(c2cccc(Cl)n2)[C@@H](O)C1. The Morgan fingerprint density at radius 1 is 1.50 bits per heavy atom. The van der Waals surface area contributed by atoms with Crippen LogP contribution in [-0.4, -0.2) is 51.0 Å². The summed E-state index contributed by atoms with van der Waals surface area (Å²) in [6, 6.07) is 4.87. The predicted octanol–water partition coefficient (Wildman–Crippen LogP) is 1.92. The largest absolute Gasteiger partial charge is 0.444 e. The summed E-state index contributed by atoms with van der Waals surface area (Å²) in [6.07, 6.45) is -1.52. The van der Waals surface area contributed by atoms with E-state index in [0.717, 1.165) is 0 Å². The highest BCUT2D eigenvalue weighted by molar-refractivity contribution is 6.29. The molecule has 2 N–H and O–H groups in total. The summed E-state index contributed by atoms with van der Waals surface area (Å²) >= 11 is 5.84. The minimum atomic E-state index is -1.52. The second kappa shape index (κ2) is 6.02. The maximum atomic E-state index is 12.0. The van der Waals surface area contributed by atoms with Gasteiger partial charge in [-0.05, 0) is 32.9 Å². The summed E-state index contributed by atoms with van der Waals surface area (Å²) in [5.74, 6) is 0. The molecule has 0 saturated carbocycles. The van der Waals surface area contributed by atoms with E-state index >= 15 is 0 Å². The first kappa shape index (κ1) is 17.0. The van der Waals surface area contributed by atoms with E-state index in [1.165, 1.54) is 4.90 Å². The molecule has 2 heterocycles. The molecule has 0 aliphatic carbocycles. The van der Waals surface area contributed by atoms with E-state index < -0.39 is 23.4 Å². The van der Waals surface area contributed by atoms with Crippen LogP contribution in [-0.2, 0) is 10.3 Å². The zero-order chi connectivity index (χ0) is 16.5. The molecular weight excluding hydrogens is 308 g/mol. The quantitative estimate of drug-likeness (QED) is 0.770. The van der Waals surface area contributed by atoms with Crippen LogP contribution in [0.1, 0.15) is 32.9 Å². The number of carbonyl (C=O) groups is 1. The zero-order valence-electron chi connectivity index (χ0n) is 12.9. The lowest BCUT2D eigenvalue weighted by Crippen LogP contribution is -2.56. The minimum absolute atomic E-state index is 0.0282. The molecule has 1 fully saturated rings. The highest BCUT2D eigenvalue weighted by Gasteiger charge is 2.45. The van der Waals surface area contributed by atoms with Crippen LogP contribution in [0.3, 0.4) is 0 Å². The topological polar surface area (TPSA) is 82.9 Å². The molecule has 2 rings (SSSR count). The second-order valence-electron chi connectivity index (χ2n) is 6.46. The molecule has 1 aliphatic heterocycles. The Balaban J connectivity index is 2.11. The molecule has 122 valence electrons. The van der Waals surface area contributed by atoms with Crippen molar-refractivity contribution in [1.29, 1.82) is 0 Å². The van der Waals surface area contributed by atoms with Crippen molar-refractivity contribution < 1.29 is 19.7 Å². The fourth-order valence-electron chi connectivity index (χ4n) is 2.36. The van der Waals surface area contributed by atoms with Crippen molar-refractivity contribution in [3.05, 3.63) is 29.0 Å². The van der Waals surface area contributed by atoms with Gasteiger partial charge in [-0.25, -0.2) is 9.78 Å². The minimum Gasteiger partial charge on any atom is -0.444 e. The number of aliphatic hydroxyl groups is 2. The number of piperidine rings is 1. The number of likely N-dealkylation sites (tertiary alicyclic amines) is 1. The second-order valence-corrected chi connectivity index (χ2v) is 6.85. The first-order valence-electron chi connectivity index (χ1n) is 7.13. The predicted molar refractivity (Wildman–Crippen MR) is 81.6 cm³/mol. The molecule has 7 heteroatoms. The van der Waals surface area contributed by atoms with Gasteiger partial charge in [0.15, 0.2) is 0 Å². The van der Waals surface area contributed by atoms with Crippen LogP contribution < -0.4 is 0 Å². The van der Waals surface area contributed by atoms with Gasteiger partial charge < -0.3 is 19.8 Å². The third-order valence-electron chi connectivity index (χ3n) is 3.52. The van der Waals surface area contributed by atoms with Crippen LogP contribution in [0.5, 0.6) is 0 Å². The fraction of sp³-hybridized carbons (Fsp3) is 0.600. The van der Waals surface area contributed by atoms with Gasteiger partial charge in [0.1, 0.15) is 22.5 Å². The average molecular weight is 329 g/mol. The van der Waals surface area contributed by atoms with Crippen LogP contribution in [0.25, 0.3) is 0 Å². The van der Waals surface area contributed by atoms with Gasteiger partial charge in [0.05, 0.1) is 12.2 Å². The number of amides is 1. The summed E-state index contributed by atoms with van der Waals surface area (Å²) in [6.45, 7) is 5.56. The highest BCUT2D eigenvalue weighted by Crippen LogP contribution is 2.33. The number of nitrogens with zero attached hydrogens (tertiary/aromatic N) is 2. The standard InChI is InChI=1S/C15H21ClN2O4/c1-14(2,3)22-13(20)18-8-7-15(21,11(19)9-18)10-5-4-6-12(16)17-10/h4-6,11,19,21H,7-9H2,1-3H3/t11-,15-/m0/s1. The maximum absolute atomic E-state index is 12.0. The number of ether oxygens (including phenoxy) is 1. The Hall–Kier alpha value is -1.37. The third kappa shape index (κ3) is 3.69. The number of hydrogen-bond acceptors (Lipinski definition) is 5. The van der Waals surface area contributed by atoms with E-state index in [1.54, 1.807) is 39.0 Å². The molecule has 1 aromatic heterocycles. The number of rotatable bonds is 1. The van der Waals surface area contributed by atoms with Gasteiger partial charge in [-0.1, -0.05) is 17.7 Å².